The second kappa shape index (κ2) is 7.60. The van der Waals surface area contributed by atoms with Gasteiger partial charge in [-0.1, -0.05) is 0 Å². The monoisotopic (exact) mass is 273 g/mol. The number of carbonyl (C=O) groups is 3. The number of aliphatic carboxylic acids is 1. The molecule has 0 saturated heterocycles. The van der Waals surface area contributed by atoms with Crippen molar-refractivity contribution in [2.24, 2.45) is 0 Å². The van der Waals surface area contributed by atoms with E-state index in [1.165, 1.54) is 4.90 Å². The molecule has 0 aliphatic heterocycles. The van der Waals surface area contributed by atoms with E-state index in [0.717, 1.165) is 0 Å². The van der Waals surface area contributed by atoms with Crippen LogP contribution in [0.3, 0.4) is 0 Å². The summed E-state index contributed by atoms with van der Waals surface area (Å²) in [6.45, 7) is 7.68. The Labute approximate surface area is 113 Å². The maximum atomic E-state index is 12.0. The largest absolute Gasteiger partial charge is 0.481 e. The molecule has 0 aromatic heterocycles. The first kappa shape index (κ1) is 17.2. The zero-order valence-corrected chi connectivity index (χ0v) is 11.9. The molecule has 7 nitrogen and oxygen atoms in total. The number of nitrogens with zero attached hydrogens (tertiary/aromatic N) is 1. The van der Waals surface area contributed by atoms with E-state index in [-0.39, 0.29) is 25.4 Å². The van der Waals surface area contributed by atoms with E-state index in [9.17, 15) is 14.4 Å². The van der Waals surface area contributed by atoms with Gasteiger partial charge in [-0.2, -0.15) is 0 Å². The fourth-order valence-electron chi connectivity index (χ4n) is 1.46. The molecule has 7 heteroatoms. The average Bonchev–Trinajstić information content (AvgIpc) is 2.24. The number of carbonyl (C=O) groups excluding carboxylic acids is 2. The van der Waals surface area contributed by atoms with E-state index < -0.39 is 17.5 Å². The summed E-state index contributed by atoms with van der Waals surface area (Å²) in [5.41, 5.74) is -0.513. The van der Waals surface area contributed by atoms with E-state index in [4.69, 9.17) is 5.11 Å². The molecule has 0 aliphatic rings. The summed E-state index contributed by atoms with van der Waals surface area (Å²) in [7, 11) is 0. The van der Waals surface area contributed by atoms with Crippen molar-refractivity contribution in [3.8, 4) is 0 Å². The first-order valence-electron chi connectivity index (χ1n) is 6.22. The maximum absolute atomic E-state index is 12.0. The second-order valence-corrected chi connectivity index (χ2v) is 5.08. The number of rotatable bonds is 6. The fourth-order valence-corrected chi connectivity index (χ4v) is 1.46. The normalized spacial score (nSPS) is 10.7. The van der Waals surface area contributed by atoms with Crippen LogP contribution < -0.4 is 10.6 Å². The van der Waals surface area contributed by atoms with Crippen LogP contribution in [-0.4, -0.2) is 53.1 Å². The van der Waals surface area contributed by atoms with Crippen molar-refractivity contribution in [3.63, 3.8) is 0 Å². The molecule has 3 amide bonds. The molecule has 0 radical (unpaired) electrons. The minimum atomic E-state index is -0.967. The first-order valence-corrected chi connectivity index (χ1v) is 6.22. The summed E-state index contributed by atoms with van der Waals surface area (Å²) in [5, 5.41) is 13.7. The topological polar surface area (TPSA) is 98.7 Å². The lowest BCUT2D eigenvalue weighted by Gasteiger charge is -2.35. The highest BCUT2D eigenvalue weighted by molar-refractivity contribution is 5.84. The summed E-state index contributed by atoms with van der Waals surface area (Å²) < 4.78 is 0. The van der Waals surface area contributed by atoms with Crippen LogP contribution >= 0.6 is 0 Å². The van der Waals surface area contributed by atoms with Gasteiger partial charge in [-0.25, -0.2) is 4.79 Å². The smallest absolute Gasteiger partial charge is 0.318 e. The average molecular weight is 273 g/mol. The third kappa shape index (κ3) is 7.28. The summed E-state index contributed by atoms with van der Waals surface area (Å²) in [6.07, 6.45) is -0.133. The molecule has 0 aliphatic carbocycles. The second-order valence-electron chi connectivity index (χ2n) is 5.08. The van der Waals surface area contributed by atoms with Gasteiger partial charge in [-0.05, 0) is 27.7 Å². The Morgan fingerprint density at radius 2 is 1.74 bits per heavy atom. The van der Waals surface area contributed by atoms with Crippen LogP contribution in [0.5, 0.6) is 0 Å². The zero-order valence-electron chi connectivity index (χ0n) is 11.9. The number of hydrogen-bond acceptors (Lipinski definition) is 3. The standard InChI is InChI=1S/C12H23N3O4/c1-5-13-9(16)8-14-11(19)15(12(2,3)4)7-6-10(17)18/h5-8H2,1-4H3,(H,13,16)(H,14,19)(H,17,18). The Balaban J connectivity index is 4.47. The highest BCUT2D eigenvalue weighted by Gasteiger charge is 2.26. The van der Waals surface area contributed by atoms with Crippen LogP contribution in [0.2, 0.25) is 0 Å². The summed E-state index contributed by atoms with van der Waals surface area (Å²) >= 11 is 0. The third-order valence-electron chi connectivity index (χ3n) is 2.38. The van der Waals surface area contributed by atoms with Gasteiger partial charge in [0.05, 0.1) is 13.0 Å². The van der Waals surface area contributed by atoms with Crippen molar-refractivity contribution >= 4 is 17.9 Å². The SMILES string of the molecule is CCNC(=O)CNC(=O)N(CCC(=O)O)C(C)(C)C. The molecule has 0 unspecified atom stereocenters. The molecule has 3 N–H and O–H groups in total. The predicted octanol–water partition coefficient (Wildman–Crippen LogP) is 0.407. The number of amides is 3. The number of hydrogen-bond donors (Lipinski definition) is 3. The van der Waals surface area contributed by atoms with Gasteiger partial charge < -0.3 is 20.6 Å². The Bertz CT molecular complexity index is 336. The Hall–Kier alpha value is -1.79. The summed E-state index contributed by atoms with van der Waals surface area (Å²) in [5.74, 6) is -1.24. The number of likely N-dealkylation sites (N-methyl/N-ethyl adjacent to an activating group) is 1. The van der Waals surface area contributed by atoms with Gasteiger partial charge in [-0.15, -0.1) is 0 Å². The van der Waals surface area contributed by atoms with E-state index in [2.05, 4.69) is 10.6 Å². The van der Waals surface area contributed by atoms with Crippen LogP contribution in [0.15, 0.2) is 0 Å². The molecule has 0 fully saturated rings. The van der Waals surface area contributed by atoms with Gasteiger partial charge in [0.25, 0.3) is 0 Å². The van der Waals surface area contributed by atoms with Gasteiger partial charge in [0.1, 0.15) is 0 Å². The van der Waals surface area contributed by atoms with Gasteiger partial charge >= 0.3 is 12.0 Å². The van der Waals surface area contributed by atoms with Crippen LogP contribution in [0.4, 0.5) is 4.79 Å². The minimum absolute atomic E-state index is 0.0973. The molecule has 0 rings (SSSR count). The van der Waals surface area contributed by atoms with Crippen molar-refractivity contribution in [3.05, 3.63) is 0 Å². The molecule has 0 aromatic rings. The lowest BCUT2D eigenvalue weighted by molar-refractivity contribution is -0.137. The van der Waals surface area contributed by atoms with Gasteiger partial charge in [0.2, 0.25) is 5.91 Å². The van der Waals surface area contributed by atoms with E-state index >= 15 is 0 Å². The highest BCUT2D eigenvalue weighted by atomic mass is 16.4. The lowest BCUT2D eigenvalue weighted by atomic mass is 10.1. The van der Waals surface area contributed by atoms with Crippen molar-refractivity contribution in [1.29, 1.82) is 0 Å². The van der Waals surface area contributed by atoms with Crippen molar-refractivity contribution < 1.29 is 19.5 Å². The van der Waals surface area contributed by atoms with E-state index in [0.29, 0.717) is 6.54 Å². The zero-order chi connectivity index (χ0) is 15.1. The molecule has 0 atom stereocenters. The predicted molar refractivity (Wildman–Crippen MR) is 70.8 cm³/mol. The van der Waals surface area contributed by atoms with Gasteiger partial charge in [0, 0.05) is 18.6 Å². The molecule has 0 spiro atoms. The quantitative estimate of drug-likeness (QED) is 0.652. The van der Waals surface area contributed by atoms with Crippen molar-refractivity contribution in [1.82, 2.24) is 15.5 Å². The first-order chi connectivity index (χ1) is 8.68. The van der Waals surface area contributed by atoms with Crippen LogP contribution in [0.1, 0.15) is 34.1 Å². The highest BCUT2D eigenvalue weighted by Crippen LogP contribution is 2.13. The molecule has 0 aromatic carbocycles. The molecular weight excluding hydrogens is 250 g/mol. The van der Waals surface area contributed by atoms with Gasteiger partial charge in [0.15, 0.2) is 0 Å². The number of carboxylic acid groups (broad SMARTS) is 1. The summed E-state index contributed by atoms with van der Waals surface area (Å²) in [6, 6.07) is -0.444. The van der Waals surface area contributed by atoms with Crippen LogP contribution in [-0.2, 0) is 9.59 Å². The number of nitrogens with one attached hydrogen (secondary N) is 2. The van der Waals surface area contributed by atoms with Crippen molar-refractivity contribution in [2.45, 2.75) is 39.7 Å². The Morgan fingerprint density at radius 3 is 2.16 bits per heavy atom. The van der Waals surface area contributed by atoms with E-state index in [1.54, 1.807) is 27.7 Å². The van der Waals surface area contributed by atoms with Gasteiger partial charge in [-0.3, -0.25) is 9.59 Å². The molecular formula is C12H23N3O4. The fraction of sp³-hybridized carbons (Fsp3) is 0.750. The van der Waals surface area contributed by atoms with Crippen LogP contribution in [0, 0.1) is 0 Å². The maximum Gasteiger partial charge on any atom is 0.318 e. The molecule has 19 heavy (non-hydrogen) atoms. The van der Waals surface area contributed by atoms with Crippen LogP contribution in [0.25, 0.3) is 0 Å². The van der Waals surface area contributed by atoms with Crippen molar-refractivity contribution in [2.75, 3.05) is 19.6 Å². The number of urea groups is 1. The molecule has 0 saturated carbocycles. The molecule has 0 bridgehead atoms. The Morgan fingerprint density at radius 1 is 1.16 bits per heavy atom. The number of carboxylic acids is 1. The van der Waals surface area contributed by atoms with E-state index in [1.807, 2.05) is 0 Å². The Kier molecular flexibility index (Phi) is 6.89. The minimum Gasteiger partial charge on any atom is -0.481 e. The summed E-state index contributed by atoms with van der Waals surface area (Å²) in [4.78, 5) is 35.2. The lowest BCUT2D eigenvalue weighted by Crippen LogP contribution is -2.52. The third-order valence-corrected chi connectivity index (χ3v) is 2.38. The molecule has 110 valence electrons. The molecule has 0 heterocycles.